The van der Waals surface area contributed by atoms with Crippen LogP contribution < -0.4 is 9.64 Å². The molecule has 0 saturated carbocycles. The lowest BCUT2D eigenvalue weighted by atomic mass is 9.95. The maximum Gasteiger partial charge on any atom is 0.343 e. The third kappa shape index (κ3) is 4.17. The highest BCUT2D eigenvalue weighted by Gasteiger charge is 2.30. The summed E-state index contributed by atoms with van der Waals surface area (Å²) in [4.78, 5) is 39.6. The Kier molecular flexibility index (Phi) is 5.80. The molecule has 0 atom stereocenters. The minimum Gasteiger partial charge on any atom is -0.482 e. The van der Waals surface area contributed by atoms with Crippen molar-refractivity contribution in [3.8, 4) is 5.75 Å². The maximum atomic E-state index is 12.8. The number of fused-ring (bicyclic) bond motifs is 1. The lowest BCUT2D eigenvalue weighted by Gasteiger charge is -2.31. The Morgan fingerprint density at radius 3 is 2.64 bits per heavy atom. The standard InChI is InChI=1S/C18H22N2O5/c1-5-16(21)20-10-12(9-19(2)3)18(23)14-8-13(6-7-15(14)20)25-11-17(22)24-4/h6-9H,5,10-11H2,1-4H3/b12-9-. The summed E-state index contributed by atoms with van der Waals surface area (Å²) in [7, 11) is 4.91. The van der Waals surface area contributed by atoms with Crippen LogP contribution in [0.3, 0.4) is 0 Å². The van der Waals surface area contributed by atoms with E-state index in [-0.39, 0.29) is 24.8 Å². The van der Waals surface area contributed by atoms with Crippen molar-refractivity contribution in [2.45, 2.75) is 13.3 Å². The quantitative estimate of drug-likeness (QED) is 0.596. The smallest absolute Gasteiger partial charge is 0.343 e. The maximum absolute atomic E-state index is 12.8. The van der Waals surface area contributed by atoms with Crippen LogP contribution in [0.4, 0.5) is 5.69 Å². The molecule has 0 bridgehead atoms. The Morgan fingerprint density at radius 1 is 1.32 bits per heavy atom. The van der Waals surface area contributed by atoms with Crippen LogP contribution in [0.1, 0.15) is 23.7 Å². The average molecular weight is 346 g/mol. The number of hydrogen-bond donors (Lipinski definition) is 0. The molecule has 7 heteroatoms. The van der Waals surface area contributed by atoms with E-state index in [9.17, 15) is 14.4 Å². The van der Waals surface area contributed by atoms with Gasteiger partial charge in [-0.25, -0.2) is 4.79 Å². The molecular formula is C18H22N2O5. The highest BCUT2D eigenvalue weighted by atomic mass is 16.6. The summed E-state index contributed by atoms with van der Waals surface area (Å²) in [6.45, 7) is 1.77. The fraction of sp³-hybridized carbons (Fsp3) is 0.389. The summed E-state index contributed by atoms with van der Waals surface area (Å²) in [5, 5.41) is 0. The Bertz CT molecular complexity index is 724. The number of esters is 1. The zero-order valence-electron chi connectivity index (χ0n) is 14.9. The Balaban J connectivity index is 2.41. The fourth-order valence-electron chi connectivity index (χ4n) is 2.55. The minimum atomic E-state index is -0.514. The van der Waals surface area contributed by atoms with Gasteiger partial charge in [-0.3, -0.25) is 9.59 Å². The van der Waals surface area contributed by atoms with Gasteiger partial charge >= 0.3 is 5.97 Å². The van der Waals surface area contributed by atoms with E-state index in [1.165, 1.54) is 7.11 Å². The second-order valence-corrected chi connectivity index (χ2v) is 5.82. The molecular weight excluding hydrogens is 324 g/mol. The highest BCUT2D eigenvalue weighted by molar-refractivity contribution is 6.18. The lowest BCUT2D eigenvalue weighted by molar-refractivity contribution is -0.142. The third-order valence-electron chi connectivity index (χ3n) is 3.73. The first-order chi connectivity index (χ1) is 11.9. The van der Waals surface area contributed by atoms with E-state index in [4.69, 9.17) is 4.74 Å². The molecule has 0 unspecified atom stereocenters. The van der Waals surface area contributed by atoms with Gasteiger partial charge in [-0.05, 0) is 18.2 Å². The van der Waals surface area contributed by atoms with Gasteiger partial charge in [-0.2, -0.15) is 0 Å². The number of benzene rings is 1. The molecule has 1 amide bonds. The summed E-state index contributed by atoms with van der Waals surface area (Å²) >= 11 is 0. The number of rotatable bonds is 5. The number of hydrogen-bond acceptors (Lipinski definition) is 6. The molecule has 1 aromatic rings. The molecule has 0 aromatic heterocycles. The van der Waals surface area contributed by atoms with Gasteiger partial charge in [0.15, 0.2) is 12.4 Å². The second-order valence-electron chi connectivity index (χ2n) is 5.82. The van der Waals surface area contributed by atoms with Crippen molar-refractivity contribution >= 4 is 23.3 Å². The highest BCUT2D eigenvalue weighted by Crippen LogP contribution is 2.33. The van der Waals surface area contributed by atoms with E-state index >= 15 is 0 Å². The molecule has 25 heavy (non-hydrogen) atoms. The number of ketones is 1. The Hall–Kier alpha value is -2.83. The second kappa shape index (κ2) is 7.83. The van der Waals surface area contributed by atoms with Crippen molar-refractivity contribution in [1.29, 1.82) is 0 Å². The molecule has 2 rings (SSSR count). The topological polar surface area (TPSA) is 76.2 Å². The van der Waals surface area contributed by atoms with Crippen LogP contribution in [0.5, 0.6) is 5.75 Å². The zero-order valence-corrected chi connectivity index (χ0v) is 14.9. The van der Waals surface area contributed by atoms with E-state index in [1.807, 2.05) is 14.1 Å². The monoisotopic (exact) mass is 346 g/mol. The van der Waals surface area contributed by atoms with E-state index in [0.29, 0.717) is 29.0 Å². The SMILES string of the molecule is CCC(=O)N1C/C(=C/N(C)C)C(=O)c2cc(OCC(=O)OC)ccc21. The predicted molar refractivity (Wildman–Crippen MR) is 92.7 cm³/mol. The Morgan fingerprint density at radius 2 is 2.04 bits per heavy atom. The number of nitrogens with zero attached hydrogens (tertiary/aromatic N) is 2. The van der Waals surface area contributed by atoms with Gasteiger partial charge in [-0.1, -0.05) is 6.92 Å². The van der Waals surface area contributed by atoms with Gasteiger partial charge < -0.3 is 19.3 Å². The molecule has 1 aliphatic heterocycles. The van der Waals surface area contributed by atoms with Crippen molar-refractivity contribution in [3.05, 3.63) is 35.5 Å². The molecule has 0 N–H and O–H groups in total. The number of amides is 1. The van der Waals surface area contributed by atoms with Gasteiger partial charge in [0.25, 0.3) is 0 Å². The summed E-state index contributed by atoms with van der Waals surface area (Å²) in [5.41, 5.74) is 1.45. The molecule has 0 aliphatic carbocycles. The number of anilines is 1. The van der Waals surface area contributed by atoms with Crippen molar-refractivity contribution < 1.29 is 23.9 Å². The number of carbonyl (C=O) groups excluding carboxylic acids is 3. The van der Waals surface area contributed by atoms with E-state index in [1.54, 1.807) is 41.1 Å². The van der Waals surface area contributed by atoms with E-state index in [0.717, 1.165) is 0 Å². The Labute approximate surface area is 146 Å². The van der Waals surface area contributed by atoms with Crippen LogP contribution in [0.25, 0.3) is 0 Å². The van der Waals surface area contributed by atoms with Crippen LogP contribution in [-0.4, -0.2) is 56.9 Å². The van der Waals surface area contributed by atoms with Crippen molar-refractivity contribution in [3.63, 3.8) is 0 Å². The third-order valence-corrected chi connectivity index (χ3v) is 3.73. The zero-order chi connectivity index (χ0) is 18.6. The van der Waals surface area contributed by atoms with Gasteiger partial charge in [-0.15, -0.1) is 0 Å². The number of carbonyl (C=O) groups is 3. The van der Waals surface area contributed by atoms with E-state index < -0.39 is 5.97 Å². The first-order valence-electron chi connectivity index (χ1n) is 7.93. The van der Waals surface area contributed by atoms with Crippen molar-refractivity contribution in [2.75, 3.05) is 39.3 Å². The van der Waals surface area contributed by atoms with Crippen LogP contribution in [0.15, 0.2) is 30.0 Å². The molecule has 1 heterocycles. The molecule has 0 spiro atoms. The average Bonchev–Trinajstić information content (AvgIpc) is 2.60. The lowest BCUT2D eigenvalue weighted by Crippen LogP contribution is -2.39. The summed E-state index contributed by atoms with van der Waals surface area (Å²) in [5.74, 6) is -0.374. The number of Topliss-reactive ketones (excluding diaryl/α,β-unsaturated/α-hetero) is 1. The fourth-order valence-corrected chi connectivity index (χ4v) is 2.55. The van der Waals surface area contributed by atoms with Gasteiger partial charge in [0, 0.05) is 37.9 Å². The van der Waals surface area contributed by atoms with Gasteiger partial charge in [0.05, 0.1) is 19.3 Å². The molecule has 1 aromatic carbocycles. The number of methoxy groups -OCH3 is 1. The predicted octanol–water partition coefficient (Wildman–Crippen LogP) is 1.62. The minimum absolute atomic E-state index is 0.0679. The normalized spacial score (nSPS) is 15.0. The summed E-state index contributed by atoms with van der Waals surface area (Å²) < 4.78 is 9.88. The van der Waals surface area contributed by atoms with Gasteiger partial charge in [0.2, 0.25) is 5.91 Å². The molecule has 0 radical (unpaired) electrons. The molecule has 0 saturated heterocycles. The first kappa shape index (κ1) is 18.5. The van der Waals surface area contributed by atoms with Crippen LogP contribution in [0.2, 0.25) is 0 Å². The summed E-state index contributed by atoms with van der Waals surface area (Å²) in [6.07, 6.45) is 2.05. The number of ether oxygens (including phenoxy) is 2. The van der Waals surface area contributed by atoms with Crippen LogP contribution >= 0.6 is 0 Å². The van der Waals surface area contributed by atoms with E-state index in [2.05, 4.69) is 4.74 Å². The summed E-state index contributed by atoms with van der Waals surface area (Å²) in [6, 6.07) is 4.85. The van der Waals surface area contributed by atoms with Crippen LogP contribution in [0, 0.1) is 0 Å². The van der Waals surface area contributed by atoms with Crippen molar-refractivity contribution in [2.24, 2.45) is 0 Å². The van der Waals surface area contributed by atoms with Crippen molar-refractivity contribution in [1.82, 2.24) is 4.90 Å². The molecule has 134 valence electrons. The first-order valence-corrected chi connectivity index (χ1v) is 7.93. The van der Waals surface area contributed by atoms with Crippen LogP contribution in [-0.2, 0) is 14.3 Å². The molecule has 7 nitrogen and oxygen atoms in total. The molecule has 0 fully saturated rings. The van der Waals surface area contributed by atoms with Gasteiger partial charge in [0.1, 0.15) is 5.75 Å². The largest absolute Gasteiger partial charge is 0.482 e. The molecule has 1 aliphatic rings.